The van der Waals surface area contributed by atoms with Gasteiger partial charge >= 0.3 is 0 Å². The molecule has 0 radical (unpaired) electrons. The Balaban J connectivity index is 1.77. The predicted molar refractivity (Wildman–Crippen MR) is 118 cm³/mol. The zero-order chi connectivity index (χ0) is 22.2. The first-order chi connectivity index (χ1) is 15.0. The molecule has 6 heteroatoms. The largest absolute Gasteiger partial charge is 0.507 e. The summed E-state index contributed by atoms with van der Waals surface area (Å²) in [4.78, 5) is 12.7. The van der Waals surface area contributed by atoms with Crippen molar-refractivity contribution in [2.24, 2.45) is 0 Å². The van der Waals surface area contributed by atoms with Crippen LogP contribution in [0.1, 0.15) is 21.5 Å². The van der Waals surface area contributed by atoms with Gasteiger partial charge in [0.2, 0.25) is 0 Å². The van der Waals surface area contributed by atoms with Crippen molar-refractivity contribution in [3.8, 4) is 28.7 Å². The highest BCUT2D eigenvalue weighted by atomic mass is 16.5. The van der Waals surface area contributed by atoms with E-state index in [-0.39, 0.29) is 17.1 Å². The van der Waals surface area contributed by atoms with E-state index in [1.807, 2.05) is 36.4 Å². The molecule has 3 aromatic carbocycles. The predicted octanol–water partition coefficient (Wildman–Crippen LogP) is 4.89. The van der Waals surface area contributed by atoms with Crippen molar-refractivity contribution < 1.29 is 28.8 Å². The number of aromatic hydroxyl groups is 1. The van der Waals surface area contributed by atoms with Gasteiger partial charge < -0.3 is 24.1 Å². The van der Waals surface area contributed by atoms with E-state index in [1.165, 1.54) is 26.4 Å². The van der Waals surface area contributed by atoms with Gasteiger partial charge in [-0.15, -0.1) is 0 Å². The second-order valence-electron chi connectivity index (χ2n) is 6.61. The van der Waals surface area contributed by atoms with Crippen LogP contribution in [0, 0.1) is 0 Å². The quantitative estimate of drug-likeness (QED) is 0.392. The van der Waals surface area contributed by atoms with Crippen molar-refractivity contribution in [3.63, 3.8) is 0 Å². The molecule has 1 N–H and O–H groups in total. The maximum Gasteiger partial charge on any atom is 0.193 e. The number of benzene rings is 3. The number of phenols is 1. The highest BCUT2D eigenvalue weighted by molar-refractivity contribution is 6.10. The van der Waals surface area contributed by atoms with E-state index < -0.39 is 5.78 Å². The van der Waals surface area contributed by atoms with Gasteiger partial charge in [-0.3, -0.25) is 4.79 Å². The van der Waals surface area contributed by atoms with Gasteiger partial charge in [0.05, 0.1) is 21.3 Å². The van der Waals surface area contributed by atoms with Crippen molar-refractivity contribution in [2.75, 3.05) is 21.3 Å². The van der Waals surface area contributed by atoms with Crippen LogP contribution in [0.25, 0.3) is 6.08 Å². The molecular weight excluding hydrogens is 396 g/mol. The number of ether oxygens (including phenoxy) is 4. The van der Waals surface area contributed by atoms with Crippen LogP contribution in [0.2, 0.25) is 0 Å². The van der Waals surface area contributed by atoms with Gasteiger partial charge in [-0.25, -0.2) is 0 Å². The number of carbonyl (C=O) groups is 1. The molecule has 31 heavy (non-hydrogen) atoms. The molecule has 0 bridgehead atoms. The number of allylic oxidation sites excluding steroid dienone is 1. The molecule has 0 atom stereocenters. The van der Waals surface area contributed by atoms with Crippen molar-refractivity contribution in [1.82, 2.24) is 0 Å². The average Bonchev–Trinajstić information content (AvgIpc) is 2.81. The topological polar surface area (TPSA) is 74.2 Å². The van der Waals surface area contributed by atoms with Crippen LogP contribution in [-0.4, -0.2) is 32.2 Å². The molecule has 0 spiro atoms. The summed E-state index contributed by atoms with van der Waals surface area (Å²) in [5, 5.41) is 10.2. The zero-order valence-electron chi connectivity index (χ0n) is 17.6. The molecule has 0 aliphatic rings. The monoisotopic (exact) mass is 420 g/mol. The lowest BCUT2D eigenvalue weighted by molar-refractivity contribution is 0.104. The Labute approximate surface area is 181 Å². The Morgan fingerprint density at radius 3 is 2.29 bits per heavy atom. The minimum absolute atomic E-state index is 0.0642. The summed E-state index contributed by atoms with van der Waals surface area (Å²) >= 11 is 0. The Bertz CT molecular complexity index is 1070. The molecule has 0 saturated heterocycles. The van der Waals surface area contributed by atoms with E-state index >= 15 is 0 Å². The molecule has 0 aliphatic heterocycles. The van der Waals surface area contributed by atoms with E-state index in [9.17, 15) is 9.90 Å². The fourth-order valence-electron chi connectivity index (χ4n) is 3.00. The van der Waals surface area contributed by atoms with E-state index in [4.69, 9.17) is 18.9 Å². The number of methoxy groups -OCH3 is 3. The number of carbonyl (C=O) groups excluding carboxylic acids is 1. The standard InChI is InChI=1S/C25H24O6/c1-28-19-14-21(27)25(24(15-19)30-3)20(26)11-9-17-10-12-22(23(13-17)29-2)31-16-18-7-5-4-6-8-18/h4-15,27H,16H2,1-3H3. The molecule has 0 aliphatic carbocycles. The second-order valence-corrected chi connectivity index (χ2v) is 6.61. The lowest BCUT2D eigenvalue weighted by Gasteiger charge is -2.12. The van der Waals surface area contributed by atoms with E-state index in [0.29, 0.717) is 23.9 Å². The molecule has 6 nitrogen and oxygen atoms in total. The number of ketones is 1. The van der Waals surface area contributed by atoms with Crippen LogP contribution < -0.4 is 18.9 Å². The highest BCUT2D eigenvalue weighted by Crippen LogP contribution is 2.34. The maximum absolute atomic E-state index is 12.7. The summed E-state index contributed by atoms with van der Waals surface area (Å²) in [6.45, 7) is 0.418. The summed E-state index contributed by atoms with van der Waals surface area (Å²) in [6.07, 6.45) is 3.00. The first-order valence-electron chi connectivity index (χ1n) is 9.58. The third-order valence-electron chi connectivity index (χ3n) is 4.61. The van der Waals surface area contributed by atoms with Crippen LogP contribution in [0.5, 0.6) is 28.7 Å². The van der Waals surface area contributed by atoms with Crippen LogP contribution in [-0.2, 0) is 6.61 Å². The molecule has 3 aromatic rings. The zero-order valence-corrected chi connectivity index (χ0v) is 17.6. The lowest BCUT2D eigenvalue weighted by Crippen LogP contribution is -2.00. The summed E-state index contributed by atoms with van der Waals surface area (Å²) in [7, 11) is 4.45. The van der Waals surface area contributed by atoms with Crippen LogP contribution >= 0.6 is 0 Å². The second kappa shape index (κ2) is 10.2. The van der Waals surface area contributed by atoms with E-state index in [2.05, 4.69) is 0 Å². The number of hydrogen-bond acceptors (Lipinski definition) is 6. The van der Waals surface area contributed by atoms with Crippen molar-refractivity contribution in [2.45, 2.75) is 6.61 Å². The number of rotatable bonds is 9. The molecule has 160 valence electrons. The van der Waals surface area contributed by atoms with Crippen LogP contribution in [0.15, 0.2) is 66.7 Å². The lowest BCUT2D eigenvalue weighted by atomic mass is 10.1. The first kappa shape index (κ1) is 21.8. The summed E-state index contributed by atoms with van der Waals surface area (Å²) in [6, 6.07) is 18.1. The number of phenolic OH excluding ortho intramolecular Hbond substituents is 1. The minimum Gasteiger partial charge on any atom is -0.507 e. The molecule has 0 aromatic heterocycles. The fourth-order valence-corrected chi connectivity index (χ4v) is 3.00. The molecule has 0 fully saturated rings. The third-order valence-corrected chi connectivity index (χ3v) is 4.61. The summed E-state index contributed by atoms with van der Waals surface area (Å²) < 4.78 is 21.6. The summed E-state index contributed by atoms with van der Waals surface area (Å²) in [5.41, 5.74) is 1.85. The molecule has 0 heterocycles. The van der Waals surface area contributed by atoms with E-state index in [1.54, 1.807) is 31.4 Å². The third kappa shape index (κ3) is 5.36. The smallest absolute Gasteiger partial charge is 0.193 e. The first-order valence-corrected chi connectivity index (χ1v) is 9.58. The van der Waals surface area contributed by atoms with E-state index in [0.717, 1.165) is 11.1 Å². The molecular formula is C25H24O6. The van der Waals surface area contributed by atoms with Crippen molar-refractivity contribution in [1.29, 1.82) is 0 Å². The van der Waals surface area contributed by atoms with Gasteiger partial charge in [-0.05, 0) is 29.3 Å². The Kier molecular flexibility index (Phi) is 7.17. The van der Waals surface area contributed by atoms with Crippen molar-refractivity contribution in [3.05, 3.63) is 83.4 Å². The number of hydrogen-bond donors (Lipinski definition) is 1. The molecule has 0 unspecified atom stereocenters. The normalized spacial score (nSPS) is 10.7. The van der Waals surface area contributed by atoms with Gasteiger partial charge in [-0.2, -0.15) is 0 Å². The van der Waals surface area contributed by atoms with Crippen LogP contribution in [0.3, 0.4) is 0 Å². The highest BCUT2D eigenvalue weighted by Gasteiger charge is 2.17. The maximum atomic E-state index is 12.7. The Morgan fingerprint density at radius 2 is 1.61 bits per heavy atom. The van der Waals surface area contributed by atoms with Crippen molar-refractivity contribution >= 4 is 11.9 Å². The molecule has 3 rings (SSSR count). The van der Waals surface area contributed by atoms with Crippen LogP contribution in [0.4, 0.5) is 0 Å². The van der Waals surface area contributed by atoms with Gasteiger partial charge in [0.25, 0.3) is 0 Å². The fraction of sp³-hybridized carbons (Fsp3) is 0.160. The van der Waals surface area contributed by atoms with Gasteiger partial charge in [0.15, 0.2) is 17.3 Å². The average molecular weight is 420 g/mol. The Morgan fingerprint density at radius 1 is 0.871 bits per heavy atom. The Hall–Kier alpha value is -3.93. The SMILES string of the molecule is COc1cc(O)c(C(=O)C=Cc2ccc(OCc3ccccc3)c(OC)c2)c(OC)c1. The molecule has 0 saturated carbocycles. The molecule has 0 amide bonds. The minimum atomic E-state index is -0.402. The van der Waals surface area contributed by atoms with Gasteiger partial charge in [0, 0.05) is 12.1 Å². The van der Waals surface area contributed by atoms with Gasteiger partial charge in [0.1, 0.15) is 29.4 Å². The summed E-state index contributed by atoms with van der Waals surface area (Å²) in [5.74, 6) is 1.16. The van der Waals surface area contributed by atoms with Gasteiger partial charge in [-0.1, -0.05) is 42.5 Å².